The number of esters is 2. The Hall–Kier alpha value is -5.28. The third-order valence-corrected chi connectivity index (χ3v) is 14.5. The van der Waals surface area contributed by atoms with E-state index in [1.165, 1.54) is 0 Å². The van der Waals surface area contributed by atoms with Crippen LogP contribution in [0.25, 0.3) is 21.8 Å². The number of carbonyl (C=O) groups is 4. The number of aromatic nitrogens is 3. The first kappa shape index (κ1) is 49.6. The van der Waals surface area contributed by atoms with E-state index in [1.807, 2.05) is 102 Å². The highest BCUT2D eigenvalue weighted by Gasteiger charge is 2.35. The molecule has 0 saturated carbocycles. The maximum Gasteiger partial charge on any atom is 0.318 e. The van der Waals surface area contributed by atoms with Crippen molar-refractivity contribution in [2.75, 3.05) is 59.4 Å². The van der Waals surface area contributed by atoms with E-state index in [9.17, 15) is 24.0 Å². The lowest BCUT2D eigenvalue weighted by atomic mass is 9.88. The van der Waals surface area contributed by atoms with Crippen molar-refractivity contribution in [1.29, 1.82) is 0 Å². The molecule has 364 valence electrons. The Morgan fingerprint density at radius 1 is 0.776 bits per heavy atom. The Morgan fingerprint density at radius 3 is 2.04 bits per heavy atom. The van der Waals surface area contributed by atoms with Crippen LogP contribution < -0.4 is 10.9 Å². The molecule has 0 aliphatic carbocycles. The summed E-state index contributed by atoms with van der Waals surface area (Å²) in [5, 5.41) is 9.64. The number of hydrogen-bond donors (Lipinski definition) is 1. The molecular weight excluding hydrogens is 849 g/mol. The monoisotopic (exact) mass is 923 g/mol. The molecule has 5 heterocycles. The van der Waals surface area contributed by atoms with Crippen molar-refractivity contribution in [2.24, 2.45) is 10.8 Å². The Kier molecular flexibility index (Phi) is 15.8. The van der Waals surface area contributed by atoms with Crippen LogP contribution in [0, 0.1) is 17.8 Å². The van der Waals surface area contributed by atoms with Gasteiger partial charge >= 0.3 is 18.0 Å². The third-order valence-electron chi connectivity index (χ3n) is 14.5. The summed E-state index contributed by atoms with van der Waals surface area (Å²) < 4.78 is 14.6. The van der Waals surface area contributed by atoms with Gasteiger partial charge in [-0.3, -0.25) is 28.6 Å². The van der Waals surface area contributed by atoms with Crippen molar-refractivity contribution in [2.45, 2.75) is 138 Å². The number of para-hydroxylation sites is 1. The number of likely N-dealkylation sites (tertiary alicyclic amines) is 2. The number of benzene rings is 2. The molecule has 7 rings (SSSR count). The minimum absolute atomic E-state index is 0.00312. The van der Waals surface area contributed by atoms with E-state index >= 15 is 0 Å². The van der Waals surface area contributed by atoms with Gasteiger partial charge in [-0.25, -0.2) is 9.48 Å². The first-order chi connectivity index (χ1) is 32.0. The molecule has 1 atom stereocenters. The molecule has 2 aromatic carbocycles. The number of rotatable bonds is 16. The van der Waals surface area contributed by atoms with E-state index in [0.29, 0.717) is 62.6 Å². The highest BCUT2D eigenvalue weighted by molar-refractivity contribution is 5.88. The van der Waals surface area contributed by atoms with Gasteiger partial charge < -0.3 is 29.5 Å². The van der Waals surface area contributed by atoms with Gasteiger partial charge in [0.25, 0.3) is 5.56 Å². The van der Waals surface area contributed by atoms with Crippen LogP contribution in [0.2, 0.25) is 0 Å². The van der Waals surface area contributed by atoms with Crippen LogP contribution in [-0.4, -0.2) is 129 Å². The largest absolute Gasteiger partial charge is 0.443 e. The Bertz CT molecular complexity index is 2450. The molecule has 3 amide bonds. The quantitative estimate of drug-likeness (QED) is 0.116. The third kappa shape index (κ3) is 11.7. The zero-order valence-corrected chi connectivity index (χ0v) is 41.3. The highest BCUT2D eigenvalue weighted by Crippen LogP contribution is 2.30. The number of hydrogen-bond acceptors (Lipinski definition) is 10. The molecular formula is C52H74N8O7. The van der Waals surface area contributed by atoms with Crippen molar-refractivity contribution in [1.82, 2.24) is 39.3 Å². The summed E-state index contributed by atoms with van der Waals surface area (Å²) in [4.78, 5) is 77.6. The molecule has 0 spiro atoms. The second-order valence-corrected chi connectivity index (χ2v) is 20.7. The average Bonchev–Trinajstić information content (AvgIpc) is 3.73. The van der Waals surface area contributed by atoms with Crippen molar-refractivity contribution in [3.63, 3.8) is 0 Å². The number of piperidine rings is 2. The number of nitrogens with one attached hydrogen (secondary N) is 1. The minimum Gasteiger partial charge on any atom is -0.443 e. The Labute approximate surface area is 396 Å². The second-order valence-electron chi connectivity index (χ2n) is 20.7. The fourth-order valence-electron chi connectivity index (χ4n) is 10.4. The summed E-state index contributed by atoms with van der Waals surface area (Å²) in [6.45, 7) is 19.2. The lowest BCUT2D eigenvalue weighted by molar-refractivity contribution is -0.159. The standard InChI is InChI=1S/C52H74N8O7/c1-9-19-51(4,5)48(63)66-34-59-33-40-30-37(29-36(3)45(40)54-59)31-43(47(62)57-27-25-56(26-28-57)41-17-21-55(8)22-18-41)53-50(65)58-23-15-38(16-24-58)42-32-39-13-11-12-14-44(39)60(46(42)61)35-67-49(64)52(6,7)20-10-2/h11-14,29-30,32-33,38,41,43H,9-10,15-28,31,34-35H2,1-8H3,(H,53,65)/t43-/m1/s1. The van der Waals surface area contributed by atoms with E-state index in [-0.39, 0.29) is 55.2 Å². The van der Waals surface area contributed by atoms with E-state index in [1.54, 1.807) is 14.1 Å². The first-order valence-electron chi connectivity index (χ1n) is 24.7. The fourth-order valence-corrected chi connectivity index (χ4v) is 10.4. The fraction of sp³-hybridized carbons (Fsp3) is 0.615. The molecule has 0 bridgehead atoms. The van der Waals surface area contributed by atoms with Crippen LogP contribution in [0.5, 0.6) is 0 Å². The van der Waals surface area contributed by atoms with Gasteiger partial charge in [-0.05, 0) is 134 Å². The molecule has 2 aromatic heterocycles. The van der Waals surface area contributed by atoms with Gasteiger partial charge in [-0.1, -0.05) is 51.0 Å². The molecule has 67 heavy (non-hydrogen) atoms. The number of piperazine rings is 1. The molecule has 15 heteroatoms. The number of amides is 3. The zero-order chi connectivity index (χ0) is 48.0. The second kappa shape index (κ2) is 21.3. The van der Waals surface area contributed by atoms with Gasteiger partial charge in [0.15, 0.2) is 13.5 Å². The molecule has 3 fully saturated rings. The average molecular weight is 923 g/mol. The molecule has 3 saturated heterocycles. The number of carbonyl (C=O) groups excluding carboxylic acids is 4. The van der Waals surface area contributed by atoms with Crippen LogP contribution in [-0.2, 0) is 43.7 Å². The van der Waals surface area contributed by atoms with Crippen LogP contribution in [0.15, 0.2) is 53.5 Å². The Balaban J connectivity index is 1.06. The van der Waals surface area contributed by atoms with Gasteiger partial charge in [0.05, 0.1) is 21.9 Å². The van der Waals surface area contributed by atoms with E-state index in [2.05, 4.69) is 22.2 Å². The zero-order valence-electron chi connectivity index (χ0n) is 41.3. The number of urea groups is 1. The van der Waals surface area contributed by atoms with E-state index < -0.39 is 16.9 Å². The van der Waals surface area contributed by atoms with Gasteiger partial charge in [-0.2, -0.15) is 5.10 Å². The van der Waals surface area contributed by atoms with Crippen LogP contribution in [0.1, 0.15) is 116 Å². The van der Waals surface area contributed by atoms with Crippen LogP contribution in [0.3, 0.4) is 0 Å². The minimum atomic E-state index is -0.813. The molecule has 0 radical (unpaired) electrons. The SMILES string of the molecule is CCCC(C)(C)C(=O)OCn1cc2cc(C[C@@H](NC(=O)N3CCC(c4cc5ccccc5n(COC(=O)C(C)(C)CCC)c4=O)CC3)C(=O)N3CCN(C4CCN(C)CC4)CC3)cc(C)c2n1. The summed E-state index contributed by atoms with van der Waals surface area (Å²) in [6, 6.07) is 13.0. The van der Waals surface area contributed by atoms with Gasteiger partial charge in [0, 0.05) is 68.9 Å². The van der Waals surface area contributed by atoms with E-state index in [4.69, 9.17) is 14.6 Å². The number of ether oxygens (including phenoxy) is 2. The summed E-state index contributed by atoms with van der Waals surface area (Å²) in [5.74, 6) is -0.815. The number of pyridine rings is 1. The maximum atomic E-state index is 14.6. The van der Waals surface area contributed by atoms with Gasteiger partial charge in [0.1, 0.15) is 6.04 Å². The molecule has 1 N–H and O–H groups in total. The van der Waals surface area contributed by atoms with E-state index in [0.717, 1.165) is 85.7 Å². The number of fused-ring (bicyclic) bond motifs is 2. The normalized spacial score (nSPS) is 17.8. The molecule has 3 aliphatic rings. The number of aryl methyl sites for hydroxylation is 1. The topological polar surface area (TPSA) is 152 Å². The van der Waals surface area contributed by atoms with Crippen molar-refractivity contribution < 1.29 is 28.7 Å². The summed E-state index contributed by atoms with van der Waals surface area (Å²) in [7, 11) is 2.17. The lowest BCUT2D eigenvalue weighted by Gasteiger charge is -2.43. The molecule has 15 nitrogen and oxygen atoms in total. The molecule has 0 unspecified atom stereocenters. The summed E-state index contributed by atoms with van der Waals surface area (Å²) in [6.07, 6.45) is 8.65. The van der Waals surface area contributed by atoms with Gasteiger partial charge in [0.2, 0.25) is 5.91 Å². The van der Waals surface area contributed by atoms with Crippen LogP contribution >= 0.6 is 0 Å². The van der Waals surface area contributed by atoms with Crippen LogP contribution in [0.4, 0.5) is 4.79 Å². The van der Waals surface area contributed by atoms with Crippen molar-refractivity contribution >= 4 is 45.7 Å². The summed E-state index contributed by atoms with van der Waals surface area (Å²) >= 11 is 0. The number of nitrogens with zero attached hydrogens (tertiary/aromatic N) is 7. The predicted octanol–water partition coefficient (Wildman–Crippen LogP) is 7.05. The molecule has 3 aliphatic heterocycles. The van der Waals surface area contributed by atoms with Crippen molar-refractivity contribution in [3.8, 4) is 0 Å². The molecule has 4 aromatic rings. The predicted molar refractivity (Wildman–Crippen MR) is 260 cm³/mol. The Morgan fingerprint density at radius 2 is 1.40 bits per heavy atom. The summed E-state index contributed by atoms with van der Waals surface area (Å²) in [5.41, 5.74) is 2.48. The van der Waals surface area contributed by atoms with Crippen molar-refractivity contribution in [3.05, 3.63) is 75.7 Å². The lowest BCUT2D eigenvalue weighted by Crippen LogP contribution is -2.59. The van der Waals surface area contributed by atoms with Gasteiger partial charge in [-0.15, -0.1) is 0 Å². The maximum absolute atomic E-state index is 14.6. The first-order valence-corrected chi connectivity index (χ1v) is 24.7. The smallest absolute Gasteiger partial charge is 0.318 e. The highest BCUT2D eigenvalue weighted by atomic mass is 16.5.